The molecule has 0 radical (unpaired) electrons. The van der Waals surface area contributed by atoms with E-state index in [0.29, 0.717) is 35.9 Å². The number of pyridine rings is 3. The fraction of sp³-hybridized carbons (Fsp3) is 0.217. The molecule has 0 fully saturated rings. The van der Waals surface area contributed by atoms with E-state index < -0.39 is 17.6 Å². The van der Waals surface area contributed by atoms with Crippen LogP contribution in [-0.4, -0.2) is 35.7 Å². The van der Waals surface area contributed by atoms with E-state index in [-0.39, 0.29) is 24.3 Å². The van der Waals surface area contributed by atoms with Crippen LogP contribution in [0.5, 0.6) is 0 Å². The Balaban J connectivity index is 1.49. The van der Waals surface area contributed by atoms with Gasteiger partial charge in [0.1, 0.15) is 11.6 Å². The SMILES string of the molecule is Nc1nc2ncc(C(=O)N(Cc3ccc(C(F)(F)F)cn3)Cc3ncccn3)cc2c2c1COC2. The topological polar surface area (TPSA) is 120 Å². The Hall–Kier alpha value is -4.19. The molecule has 12 heteroatoms. The molecule has 0 atom stereocenters. The molecule has 0 spiro atoms. The van der Waals surface area contributed by atoms with Gasteiger partial charge in [-0.15, -0.1) is 0 Å². The van der Waals surface area contributed by atoms with Crippen LogP contribution in [0.25, 0.3) is 11.0 Å². The van der Waals surface area contributed by atoms with E-state index in [1.807, 2.05) is 0 Å². The Morgan fingerprint density at radius 3 is 2.51 bits per heavy atom. The van der Waals surface area contributed by atoms with E-state index in [1.54, 1.807) is 24.5 Å². The van der Waals surface area contributed by atoms with E-state index in [9.17, 15) is 18.0 Å². The summed E-state index contributed by atoms with van der Waals surface area (Å²) in [5, 5.41) is 0.654. The Labute approximate surface area is 196 Å². The van der Waals surface area contributed by atoms with Crippen molar-refractivity contribution in [3.63, 3.8) is 0 Å². The number of halogens is 3. The van der Waals surface area contributed by atoms with Crippen LogP contribution >= 0.6 is 0 Å². The second-order valence-corrected chi connectivity index (χ2v) is 7.90. The zero-order chi connectivity index (χ0) is 24.6. The number of ether oxygens (including phenoxy) is 1. The van der Waals surface area contributed by atoms with E-state index in [1.165, 1.54) is 17.2 Å². The molecule has 0 saturated carbocycles. The molecule has 35 heavy (non-hydrogen) atoms. The van der Waals surface area contributed by atoms with Gasteiger partial charge in [0.2, 0.25) is 0 Å². The van der Waals surface area contributed by atoms with Gasteiger partial charge in [0.15, 0.2) is 5.65 Å². The van der Waals surface area contributed by atoms with Crippen molar-refractivity contribution in [2.45, 2.75) is 32.5 Å². The molecule has 9 nitrogen and oxygen atoms in total. The number of carbonyl (C=O) groups is 1. The van der Waals surface area contributed by atoms with Crippen LogP contribution in [0.2, 0.25) is 0 Å². The number of amides is 1. The maximum absolute atomic E-state index is 13.5. The van der Waals surface area contributed by atoms with Crippen molar-refractivity contribution in [3.05, 3.63) is 82.8 Å². The number of nitrogens with two attached hydrogens (primary N) is 1. The van der Waals surface area contributed by atoms with Crippen molar-refractivity contribution in [3.8, 4) is 0 Å². The predicted octanol–water partition coefficient (Wildman–Crippen LogP) is 3.29. The summed E-state index contributed by atoms with van der Waals surface area (Å²) in [5.41, 5.74) is 7.67. The minimum Gasteiger partial charge on any atom is -0.383 e. The number of fused-ring (bicyclic) bond motifs is 3. The first kappa shape index (κ1) is 22.6. The van der Waals surface area contributed by atoms with Crippen molar-refractivity contribution < 1.29 is 22.7 Å². The van der Waals surface area contributed by atoms with Gasteiger partial charge >= 0.3 is 6.18 Å². The van der Waals surface area contributed by atoms with E-state index in [4.69, 9.17) is 10.5 Å². The van der Waals surface area contributed by atoms with Gasteiger partial charge in [-0.1, -0.05) is 0 Å². The average Bonchev–Trinajstić information content (AvgIpc) is 3.35. The van der Waals surface area contributed by atoms with Gasteiger partial charge in [-0.25, -0.2) is 19.9 Å². The highest BCUT2D eigenvalue weighted by atomic mass is 19.4. The molecular formula is C23H18F3N7O2. The maximum Gasteiger partial charge on any atom is 0.417 e. The van der Waals surface area contributed by atoms with Gasteiger partial charge in [0.25, 0.3) is 5.91 Å². The highest BCUT2D eigenvalue weighted by molar-refractivity contribution is 5.97. The van der Waals surface area contributed by atoms with Gasteiger partial charge < -0.3 is 15.4 Å². The molecule has 0 unspecified atom stereocenters. The molecule has 4 aromatic rings. The monoisotopic (exact) mass is 481 g/mol. The molecule has 0 bridgehead atoms. The largest absolute Gasteiger partial charge is 0.417 e. The van der Waals surface area contributed by atoms with Gasteiger partial charge in [-0.3, -0.25) is 9.78 Å². The molecule has 1 amide bonds. The Kier molecular flexibility index (Phi) is 5.73. The molecule has 1 aliphatic heterocycles. The van der Waals surface area contributed by atoms with Gasteiger partial charge in [0.05, 0.1) is 43.1 Å². The third-order valence-corrected chi connectivity index (χ3v) is 5.58. The Bertz CT molecular complexity index is 1400. The zero-order valence-corrected chi connectivity index (χ0v) is 18.2. The van der Waals surface area contributed by atoms with Crippen LogP contribution < -0.4 is 5.73 Å². The number of alkyl halides is 3. The molecule has 5 heterocycles. The third kappa shape index (κ3) is 4.60. The lowest BCUT2D eigenvalue weighted by Crippen LogP contribution is -2.31. The predicted molar refractivity (Wildman–Crippen MR) is 117 cm³/mol. The van der Waals surface area contributed by atoms with E-state index in [0.717, 1.165) is 23.4 Å². The first-order valence-electron chi connectivity index (χ1n) is 10.5. The number of rotatable bonds is 5. The summed E-state index contributed by atoms with van der Waals surface area (Å²) in [6.07, 6.45) is 0.708. The lowest BCUT2D eigenvalue weighted by Gasteiger charge is -2.22. The van der Waals surface area contributed by atoms with Crippen molar-refractivity contribution >= 4 is 22.8 Å². The highest BCUT2D eigenvalue weighted by Crippen LogP contribution is 2.31. The molecule has 178 valence electrons. The lowest BCUT2D eigenvalue weighted by atomic mass is 10.1. The summed E-state index contributed by atoms with van der Waals surface area (Å²) in [5.74, 6) is 0.288. The normalized spacial score (nSPS) is 13.1. The second-order valence-electron chi connectivity index (χ2n) is 7.90. The summed E-state index contributed by atoms with van der Waals surface area (Å²) >= 11 is 0. The molecular weight excluding hydrogens is 463 g/mol. The Morgan fingerprint density at radius 2 is 1.80 bits per heavy atom. The smallest absolute Gasteiger partial charge is 0.383 e. The summed E-state index contributed by atoms with van der Waals surface area (Å²) in [7, 11) is 0. The van der Waals surface area contributed by atoms with Crippen molar-refractivity contribution in [1.29, 1.82) is 0 Å². The van der Waals surface area contributed by atoms with E-state index >= 15 is 0 Å². The summed E-state index contributed by atoms with van der Waals surface area (Å²) in [4.78, 5) is 35.8. The van der Waals surface area contributed by atoms with Crippen LogP contribution in [0.15, 0.2) is 49.1 Å². The fourth-order valence-corrected chi connectivity index (χ4v) is 3.81. The number of nitrogen functional groups attached to an aromatic ring is 1. The minimum absolute atomic E-state index is 0.0155. The summed E-state index contributed by atoms with van der Waals surface area (Å²) in [6, 6.07) is 5.48. The maximum atomic E-state index is 13.5. The molecule has 0 aliphatic carbocycles. The highest BCUT2D eigenvalue weighted by Gasteiger charge is 2.31. The quantitative estimate of drug-likeness (QED) is 0.461. The number of nitrogens with zero attached hydrogens (tertiary/aromatic N) is 6. The van der Waals surface area contributed by atoms with Gasteiger partial charge in [-0.2, -0.15) is 13.2 Å². The lowest BCUT2D eigenvalue weighted by molar-refractivity contribution is -0.137. The Morgan fingerprint density at radius 1 is 1.03 bits per heavy atom. The van der Waals surface area contributed by atoms with Crippen LogP contribution in [0, 0.1) is 0 Å². The van der Waals surface area contributed by atoms with Crippen molar-refractivity contribution in [1.82, 2.24) is 29.8 Å². The second kappa shape index (κ2) is 8.87. The van der Waals surface area contributed by atoms with Crippen LogP contribution in [0.4, 0.5) is 19.0 Å². The summed E-state index contributed by atoms with van der Waals surface area (Å²) < 4.78 is 44.2. The standard InChI is InChI=1S/C23H18F3N7O2/c24-23(25,26)14-2-3-15(30-8-14)9-33(10-19-28-4-1-5-29-19)22(34)13-6-16-17-11-35-12-18(17)20(27)32-21(16)31-7-13/h1-8H,9-12H2,(H2,27,31,32). The van der Waals surface area contributed by atoms with Crippen LogP contribution in [-0.2, 0) is 37.2 Å². The number of aromatic nitrogens is 5. The van der Waals surface area contributed by atoms with E-state index in [2.05, 4.69) is 24.9 Å². The molecule has 5 rings (SSSR count). The average molecular weight is 481 g/mol. The molecule has 0 saturated heterocycles. The molecule has 0 aromatic carbocycles. The third-order valence-electron chi connectivity index (χ3n) is 5.58. The number of carbonyl (C=O) groups excluding carboxylic acids is 1. The number of hydrogen-bond acceptors (Lipinski definition) is 8. The molecule has 1 aliphatic rings. The number of anilines is 1. The fourth-order valence-electron chi connectivity index (χ4n) is 3.81. The first-order valence-corrected chi connectivity index (χ1v) is 10.5. The van der Waals surface area contributed by atoms with Gasteiger partial charge in [0, 0.05) is 35.7 Å². The van der Waals surface area contributed by atoms with Crippen LogP contribution in [0.3, 0.4) is 0 Å². The van der Waals surface area contributed by atoms with Crippen molar-refractivity contribution in [2.24, 2.45) is 0 Å². The van der Waals surface area contributed by atoms with Gasteiger partial charge in [-0.05, 0) is 29.8 Å². The van der Waals surface area contributed by atoms with Crippen molar-refractivity contribution in [2.75, 3.05) is 5.73 Å². The first-order chi connectivity index (χ1) is 16.8. The molecule has 2 N–H and O–H groups in total. The summed E-state index contributed by atoms with van der Waals surface area (Å²) in [6.45, 7) is 0.615. The minimum atomic E-state index is -4.50. The zero-order valence-electron chi connectivity index (χ0n) is 18.2. The molecule has 4 aromatic heterocycles. The van der Waals surface area contributed by atoms with Crippen LogP contribution in [0.1, 0.15) is 38.6 Å². The number of hydrogen-bond donors (Lipinski definition) is 1.